The smallest absolute Gasteiger partial charge is 0.315 e. The highest BCUT2D eigenvalue weighted by atomic mass is 16.2. The maximum atomic E-state index is 12.0. The van der Waals surface area contributed by atoms with Crippen molar-refractivity contribution in [1.82, 2.24) is 10.6 Å². The highest BCUT2D eigenvalue weighted by Crippen LogP contribution is 2.27. The summed E-state index contributed by atoms with van der Waals surface area (Å²) < 4.78 is 0. The molecule has 4 heteroatoms. The van der Waals surface area contributed by atoms with Crippen molar-refractivity contribution in [2.45, 2.75) is 69.4 Å². The Kier molecular flexibility index (Phi) is 4.26. The number of nitrogens with two attached hydrogens (primary N) is 1. The van der Waals surface area contributed by atoms with E-state index in [0.29, 0.717) is 12.6 Å². The summed E-state index contributed by atoms with van der Waals surface area (Å²) in [7, 11) is 0. The van der Waals surface area contributed by atoms with Crippen LogP contribution in [0.1, 0.15) is 57.8 Å². The van der Waals surface area contributed by atoms with E-state index in [1.54, 1.807) is 0 Å². The van der Waals surface area contributed by atoms with Crippen molar-refractivity contribution in [3.63, 3.8) is 0 Å². The van der Waals surface area contributed by atoms with Gasteiger partial charge in [-0.3, -0.25) is 0 Å². The van der Waals surface area contributed by atoms with Crippen molar-refractivity contribution >= 4 is 6.03 Å². The van der Waals surface area contributed by atoms with Crippen LogP contribution in [0.2, 0.25) is 0 Å². The lowest BCUT2D eigenvalue weighted by Gasteiger charge is -2.37. The fourth-order valence-electron chi connectivity index (χ4n) is 3.14. The third-order valence-electron chi connectivity index (χ3n) is 4.27. The maximum absolute atomic E-state index is 12.0. The standard InChI is InChI=1S/C13H25N3O/c14-10-13(8-4-1-5-9-13)16-12(17)15-11-6-2-3-7-11/h11H,1-10,14H2,(H2,15,16,17). The van der Waals surface area contributed by atoms with Gasteiger partial charge < -0.3 is 16.4 Å². The molecule has 2 amide bonds. The van der Waals surface area contributed by atoms with Gasteiger partial charge in [-0.1, -0.05) is 32.1 Å². The van der Waals surface area contributed by atoms with Gasteiger partial charge in [-0.25, -0.2) is 4.79 Å². The summed E-state index contributed by atoms with van der Waals surface area (Å²) in [6.07, 6.45) is 10.4. The third kappa shape index (κ3) is 3.35. The first kappa shape index (κ1) is 12.7. The molecule has 4 N–H and O–H groups in total. The van der Waals surface area contributed by atoms with Crippen LogP contribution in [-0.2, 0) is 0 Å². The van der Waals surface area contributed by atoms with E-state index in [-0.39, 0.29) is 11.6 Å². The molecule has 0 spiro atoms. The monoisotopic (exact) mass is 239 g/mol. The molecule has 98 valence electrons. The second-order valence-corrected chi connectivity index (χ2v) is 5.62. The molecule has 4 nitrogen and oxygen atoms in total. The summed E-state index contributed by atoms with van der Waals surface area (Å²) in [4.78, 5) is 12.0. The van der Waals surface area contributed by atoms with Crippen LogP contribution < -0.4 is 16.4 Å². The highest BCUT2D eigenvalue weighted by molar-refractivity contribution is 5.75. The van der Waals surface area contributed by atoms with Crippen LogP contribution in [0, 0.1) is 0 Å². The van der Waals surface area contributed by atoms with Crippen molar-refractivity contribution in [2.24, 2.45) is 5.73 Å². The van der Waals surface area contributed by atoms with Gasteiger partial charge in [0.15, 0.2) is 0 Å². The van der Waals surface area contributed by atoms with E-state index in [1.807, 2.05) is 0 Å². The minimum absolute atomic E-state index is 0.00995. The Labute approximate surface area is 104 Å². The molecule has 2 fully saturated rings. The number of rotatable bonds is 3. The molecule has 0 radical (unpaired) electrons. The van der Waals surface area contributed by atoms with Gasteiger partial charge in [-0.05, 0) is 25.7 Å². The van der Waals surface area contributed by atoms with E-state index in [4.69, 9.17) is 5.73 Å². The van der Waals surface area contributed by atoms with Gasteiger partial charge in [-0.15, -0.1) is 0 Å². The molecule has 0 atom stereocenters. The molecule has 0 saturated heterocycles. The summed E-state index contributed by atoms with van der Waals surface area (Å²) in [5.41, 5.74) is 5.71. The minimum atomic E-state index is -0.138. The zero-order chi connectivity index (χ0) is 12.1. The molecule has 0 aromatic carbocycles. The van der Waals surface area contributed by atoms with E-state index in [0.717, 1.165) is 25.7 Å². The Morgan fingerprint density at radius 1 is 1.12 bits per heavy atom. The molecule has 2 aliphatic carbocycles. The molecule has 0 bridgehead atoms. The van der Waals surface area contributed by atoms with E-state index in [9.17, 15) is 4.79 Å². The molecule has 2 saturated carbocycles. The second-order valence-electron chi connectivity index (χ2n) is 5.62. The molecule has 0 aliphatic heterocycles. The fraction of sp³-hybridized carbons (Fsp3) is 0.923. The molecule has 2 rings (SSSR count). The first-order chi connectivity index (χ1) is 8.24. The number of carbonyl (C=O) groups is 1. The minimum Gasteiger partial charge on any atom is -0.335 e. The predicted octanol–water partition coefficient (Wildman–Crippen LogP) is 1.89. The summed E-state index contributed by atoms with van der Waals surface area (Å²) in [5.74, 6) is 0. The lowest BCUT2D eigenvalue weighted by Crippen LogP contribution is -2.58. The second kappa shape index (κ2) is 5.71. The maximum Gasteiger partial charge on any atom is 0.315 e. The molecular weight excluding hydrogens is 214 g/mol. The molecule has 0 aromatic heterocycles. The molecule has 0 unspecified atom stereocenters. The van der Waals surface area contributed by atoms with Crippen LogP contribution >= 0.6 is 0 Å². The van der Waals surface area contributed by atoms with Crippen molar-refractivity contribution in [1.29, 1.82) is 0 Å². The zero-order valence-corrected chi connectivity index (χ0v) is 10.6. The SMILES string of the molecule is NCC1(NC(=O)NC2CCCC2)CCCCC1. The van der Waals surface area contributed by atoms with Gasteiger partial charge in [0.1, 0.15) is 0 Å². The lowest BCUT2D eigenvalue weighted by molar-refractivity contribution is 0.202. The lowest BCUT2D eigenvalue weighted by atomic mass is 9.82. The summed E-state index contributed by atoms with van der Waals surface area (Å²) in [6, 6.07) is 0.373. The highest BCUT2D eigenvalue weighted by Gasteiger charge is 2.32. The van der Waals surface area contributed by atoms with Gasteiger partial charge in [0.25, 0.3) is 0 Å². The number of urea groups is 1. The van der Waals surface area contributed by atoms with Crippen LogP contribution in [-0.4, -0.2) is 24.2 Å². The van der Waals surface area contributed by atoms with Gasteiger partial charge in [-0.2, -0.15) is 0 Å². The Morgan fingerprint density at radius 3 is 2.35 bits per heavy atom. The van der Waals surface area contributed by atoms with Crippen LogP contribution in [0.5, 0.6) is 0 Å². The normalized spacial score (nSPS) is 24.5. The van der Waals surface area contributed by atoms with Crippen molar-refractivity contribution in [2.75, 3.05) is 6.54 Å². The third-order valence-corrected chi connectivity index (χ3v) is 4.27. The zero-order valence-electron chi connectivity index (χ0n) is 10.6. The van der Waals surface area contributed by atoms with E-state index in [2.05, 4.69) is 10.6 Å². The van der Waals surface area contributed by atoms with Gasteiger partial charge in [0.2, 0.25) is 0 Å². The summed E-state index contributed by atoms with van der Waals surface area (Å²) >= 11 is 0. The Morgan fingerprint density at radius 2 is 1.76 bits per heavy atom. The van der Waals surface area contributed by atoms with E-state index >= 15 is 0 Å². The number of nitrogens with one attached hydrogen (secondary N) is 2. The van der Waals surface area contributed by atoms with E-state index in [1.165, 1.54) is 32.1 Å². The van der Waals surface area contributed by atoms with Crippen molar-refractivity contribution < 1.29 is 4.79 Å². The summed E-state index contributed by atoms with van der Waals surface area (Å²) in [5, 5.41) is 6.21. The first-order valence-electron chi connectivity index (χ1n) is 7.03. The number of hydrogen-bond donors (Lipinski definition) is 3. The molecule has 17 heavy (non-hydrogen) atoms. The molecule has 0 heterocycles. The Balaban J connectivity index is 1.82. The largest absolute Gasteiger partial charge is 0.335 e. The molecule has 0 aromatic rings. The van der Waals surface area contributed by atoms with Gasteiger partial charge >= 0.3 is 6.03 Å². The van der Waals surface area contributed by atoms with Crippen molar-refractivity contribution in [3.05, 3.63) is 0 Å². The molecular formula is C13H25N3O. The Hall–Kier alpha value is -0.770. The Bertz CT molecular complexity index is 255. The quantitative estimate of drug-likeness (QED) is 0.704. The number of amides is 2. The fourth-order valence-corrected chi connectivity index (χ4v) is 3.14. The van der Waals surface area contributed by atoms with Crippen molar-refractivity contribution in [3.8, 4) is 0 Å². The van der Waals surface area contributed by atoms with Crippen LogP contribution in [0.15, 0.2) is 0 Å². The topological polar surface area (TPSA) is 67.1 Å². The summed E-state index contributed by atoms with van der Waals surface area (Å²) in [6.45, 7) is 0.561. The molecule has 2 aliphatic rings. The average Bonchev–Trinajstić information content (AvgIpc) is 2.83. The predicted molar refractivity (Wildman–Crippen MR) is 68.8 cm³/mol. The van der Waals surface area contributed by atoms with Gasteiger partial charge in [0, 0.05) is 12.6 Å². The van der Waals surface area contributed by atoms with Crippen LogP contribution in [0.4, 0.5) is 4.79 Å². The first-order valence-corrected chi connectivity index (χ1v) is 7.03. The number of carbonyl (C=O) groups excluding carboxylic acids is 1. The van der Waals surface area contributed by atoms with Crippen LogP contribution in [0.25, 0.3) is 0 Å². The van der Waals surface area contributed by atoms with Gasteiger partial charge in [0.05, 0.1) is 5.54 Å². The number of hydrogen-bond acceptors (Lipinski definition) is 2. The average molecular weight is 239 g/mol. The van der Waals surface area contributed by atoms with Crippen LogP contribution in [0.3, 0.4) is 0 Å². The van der Waals surface area contributed by atoms with E-state index < -0.39 is 0 Å².